The molecule has 0 saturated carbocycles. The molecule has 102 valence electrons. The first-order chi connectivity index (χ1) is 8.74. The van der Waals surface area contributed by atoms with Gasteiger partial charge in [0.1, 0.15) is 5.82 Å². The second-order valence-electron chi connectivity index (χ2n) is 5.33. The number of aromatic nitrogens is 2. The monoisotopic (exact) mass is 268 g/mol. The van der Waals surface area contributed by atoms with Gasteiger partial charge in [-0.3, -0.25) is 0 Å². The van der Waals surface area contributed by atoms with E-state index in [4.69, 9.17) is 0 Å². The molecule has 1 atom stereocenters. The minimum Gasteiger partial charge on any atom is -0.360 e. The van der Waals surface area contributed by atoms with Crippen LogP contribution in [0.3, 0.4) is 0 Å². The van der Waals surface area contributed by atoms with Crippen molar-refractivity contribution >= 4 is 16.7 Å². The van der Waals surface area contributed by atoms with Gasteiger partial charge in [0.25, 0.3) is 0 Å². The van der Waals surface area contributed by atoms with Gasteiger partial charge in [0.15, 0.2) is 0 Å². The van der Waals surface area contributed by atoms with E-state index >= 15 is 0 Å². The van der Waals surface area contributed by atoms with Gasteiger partial charge in [-0.15, -0.1) is 0 Å². The standard InChI is InChI=1S/C13H24N4S/c1-11-6-5-9-17(10-11)8-4-3-7-14-13-15-12(2)16-18-13/h11H,3-10H2,1-2H3,(H,14,15,16). The molecule has 1 saturated heterocycles. The predicted molar refractivity (Wildman–Crippen MR) is 77.2 cm³/mol. The molecule has 18 heavy (non-hydrogen) atoms. The normalized spacial score (nSPS) is 21.1. The van der Waals surface area contributed by atoms with Crippen LogP contribution in [-0.4, -0.2) is 40.4 Å². The summed E-state index contributed by atoms with van der Waals surface area (Å²) >= 11 is 1.45. The van der Waals surface area contributed by atoms with E-state index in [0.717, 1.165) is 23.4 Å². The Morgan fingerprint density at radius 3 is 3.06 bits per heavy atom. The fraction of sp³-hybridized carbons (Fsp3) is 0.846. The van der Waals surface area contributed by atoms with Crippen LogP contribution in [0.25, 0.3) is 0 Å². The molecule has 0 amide bonds. The predicted octanol–water partition coefficient (Wildman–Crippen LogP) is 2.77. The lowest BCUT2D eigenvalue weighted by Crippen LogP contribution is -2.35. The number of rotatable bonds is 6. The Kier molecular flexibility index (Phi) is 5.38. The quantitative estimate of drug-likeness (QED) is 0.806. The Morgan fingerprint density at radius 2 is 2.33 bits per heavy atom. The number of hydrogen-bond donors (Lipinski definition) is 1. The summed E-state index contributed by atoms with van der Waals surface area (Å²) in [7, 11) is 0. The Morgan fingerprint density at radius 1 is 1.44 bits per heavy atom. The van der Waals surface area contributed by atoms with Crippen LogP contribution in [-0.2, 0) is 0 Å². The van der Waals surface area contributed by atoms with Crippen molar-refractivity contribution in [2.24, 2.45) is 5.92 Å². The third kappa shape index (κ3) is 4.53. The van der Waals surface area contributed by atoms with Crippen molar-refractivity contribution in [3.05, 3.63) is 5.82 Å². The molecule has 4 nitrogen and oxygen atoms in total. The number of likely N-dealkylation sites (tertiary alicyclic amines) is 1. The number of hydrogen-bond acceptors (Lipinski definition) is 5. The second kappa shape index (κ2) is 7.04. The number of aryl methyl sites for hydroxylation is 1. The molecule has 1 unspecified atom stereocenters. The van der Waals surface area contributed by atoms with Crippen LogP contribution in [0.15, 0.2) is 0 Å². The highest BCUT2D eigenvalue weighted by Gasteiger charge is 2.15. The Labute approximate surface area is 114 Å². The summed E-state index contributed by atoms with van der Waals surface area (Å²) in [6, 6.07) is 0. The summed E-state index contributed by atoms with van der Waals surface area (Å²) < 4.78 is 4.16. The number of nitrogens with zero attached hydrogens (tertiary/aromatic N) is 3. The summed E-state index contributed by atoms with van der Waals surface area (Å²) in [6.07, 6.45) is 5.28. The SMILES string of the molecule is Cc1nsc(NCCCCN2CCCC(C)C2)n1. The van der Waals surface area contributed by atoms with E-state index in [-0.39, 0.29) is 0 Å². The highest BCUT2D eigenvalue weighted by Crippen LogP contribution is 2.15. The van der Waals surface area contributed by atoms with Gasteiger partial charge in [-0.1, -0.05) is 6.92 Å². The van der Waals surface area contributed by atoms with Gasteiger partial charge >= 0.3 is 0 Å². The molecular weight excluding hydrogens is 244 g/mol. The molecule has 2 heterocycles. The van der Waals surface area contributed by atoms with Crippen LogP contribution in [0.1, 0.15) is 38.4 Å². The maximum Gasteiger partial charge on any atom is 0.202 e. The summed E-state index contributed by atoms with van der Waals surface area (Å²) in [5.41, 5.74) is 0. The second-order valence-corrected chi connectivity index (χ2v) is 6.08. The molecule has 1 fully saturated rings. The van der Waals surface area contributed by atoms with Gasteiger partial charge in [0, 0.05) is 24.6 Å². The molecule has 2 rings (SSSR count). The van der Waals surface area contributed by atoms with Crippen molar-refractivity contribution in [3.63, 3.8) is 0 Å². The molecule has 1 aliphatic rings. The van der Waals surface area contributed by atoms with Gasteiger partial charge in [-0.05, 0) is 51.6 Å². The average molecular weight is 268 g/mol. The number of unbranched alkanes of at least 4 members (excludes halogenated alkanes) is 1. The maximum atomic E-state index is 4.29. The fourth-order valence-corrected chi connectivity index (χ4v) is 3.11. The molecule has 0 radical (unpaired) electrons. The zero-order valence-corrected chi connectivity index (χ0v) is 12.3. The highest BCUT2D eigenvalue weighted by atomic mass is 32.1. The third-order valence-electron chi connectivity index (χ3n) is 3.45. The van der Waals surface area contributed by atoms with Gasteiger partial charge in [0.2, 0.25) is 5.13 Å². The smallest absolute Gasteiger partial charge is 0.202 e. The lowest BCUT2D eigenvalue weighted by Gasteiger charge is -2.30. The number of piperidine rings is 1. The zero-order valence-electron chi connectivity index (χ0n) is 11.5. The molecule has 1 aromatic heterocycles. The van der Waals surface area contributed by atoms with Crippen molar-refractivity contribution in [2.75, 3.05) is 31.5 Å². The largest absolute Gasteiger partial charge is 0.360 e. The Hall–Kier alpha value is -0.680. The summed E-state index contributed by atoms with van der Waals surface area (Å²) in [5, 5.41) is 4.30. The van der Waals surface area contributed by atoms with Gasteiger partial charge in [-0.25, -0.2) is 4.98 Å². The minimum absolute atomic E-state index is 0.866. The molecule has 0 spiro atoms. The molecular formula is C13H24N4S. The molecule has 1 aromatic rings. The van der Waals surface area contributed by atoms with E-state index in [1.165, 1.54) is 56.9 Å². The summed E-state index contributed by atoms with van der Waals surface area (Å²) in [4.78, 5) is 6.91. The summed E-state index contributed by atoms with van der Waals surface area (Å²) in [5.74, 6) is 1.76. The van der Waals surface area contributed by atoms with Crippen LogP contribution >= 0.6 is 11.5 Å². The van der Waals surface area contributed by atoms with Gasteiger partial charge < -0.3 is 10.2 Å². The van der Waals surface area contributed by atoms with Crippen LogP contribution in [0.2, 0.25) is 0 Å². The molecule has 0 aliphatic carbocycles. The van der Waals surface area contributed by atoms with Crippen LogP contribution in [0.4, 0.5) is 5.13 Å². The first kappa shape index (κ1) is 13.7. The minimum atomic E-state index is 0.866. The molecule has 0 aromatic carbocycles. The van der Waals surface area contributed by atoms with Crippen molar-refractivity contribution in [3.8, 4) is 0 Å². The maximum absolute atomic E-state index is 4.29. The van der Waals surface area contributed by atoms with E-state index in [2.05, 4.69) is 26.5 Å². The highest BCUT2D eigenvalue weighted by molar-refractivity contribution is 7.09. The fourth-order valence-electron chi connectivity index (χ4n) is 2.51. The van der Waals surface area contributed by atoms with Gasteiger partial charge in [0.05, 0.1) is 0 Å². The number of nitrogens with one attached hydrogen (secondary N) is 1. The van der Waals surface area contributed by atoms with E-state index in [0.29, 0.717) is 0 Å². The molecule has 5 heteroatoms. The number of anilines is 1. The van der Waals surface area contributed by atoms with Crippen molar-refractivity contribution in [2.45, 2.75) is 39.5 Å². The van der Waals surface area contributed by atoms with Gasteiger partial charge in [-0.2, -0.15) is 4.37 Å². The van der Waals surface area contributed by atoms with E-state index < -0.39 is 0 Å². The average Bonchev–Trinajstić information content (AvgIpc) is 2.75. The third-order valence-corrected chi connectivity index (χ3v) is 4.21. The first-order valence-electron chi connectivity index (χ1n) is 7.00. The lowest BCUT2D eigenvalue weighted by atomic mass is 10.0. The van der Waals surface area contributed by atoms with E-state index in [1.54, 1.807) is 0 Å². The van der Waals surface area contributed by atoms with E-state index in [9.17, 15) is 0 Å². The molecule has 1 aliphatic heterocycles. The summed E-state index contributed by atoms with van der Waals surface area (Å²) in [6.45, 7) is 9.15. The van der Waals surface area contributed by atoms with Crippen LogP contribution in [0, 0.1) is 12.8 Å². The van der Waals surface area contributed by atoms with Crippen LogP contribution < -0.4 is 5.32 Å². The van der Waals surface area contributed by atoms with Crippen molar-refractivity contribution in [1.82, 2.24) is 14.3 Å². The van der Waals surface area contributed by atoms with Crippen LogP contribution in [0.5, 0.6) is 0 Å². The molecule has 1 N–H and O–H groups in total. The first-order valence-corrected chi connectivity index (χ1v) is 7.78. The Bertz CT molecular complexity index is 353. The Balaban J connectivity index is 1.53. The zero-order chi connectivity index (χ0) is 12.8. The van der Waals surface area contributed by atoms with Crippen molar-refractivity contribution < 1.29 is 0 Å². The van der Waals surface area contributed by atoms with E-state index in [1.807, 2.05) is 6.92 Å². The lowest BCUT2D eigenvalue weighted by molar-refractivity contribution is 0.181. The van der Waals surface area contributed by atoms with Crippen molar-refractivity contribution in [1.29, 1.82) is 0 Å². The topological polar surface area (TPSA) is 41.1 Å². The molecule has 0 bridgehead atoms.